The first-order valence-corrected chi connectivity index (χ1v) is 10.4. The van der Waals surface area contributed by atoms with E-state index in [1.54, 1.807) is 31.1 Å². The zero-order valence-electron chi connectivity index (χ0n) is 18.3. The Morgan fingerprint density at radius 3 is 2.27 bits per heavy atom. The predicted molar refractivity (Wildman–Crippen MR) is 118 cm³/mol. The number of nitrogens with zero attached hydrogens (tertiary/aromatic N) is 1. The van der Waals surface area contributed by atoms with Crippen LogP contribution in [0.3, 0.4) is 0 Å². The molecular formula is C24H32N2O4. The van der Waals surface area contributed by atoms with Gasteiger partial charge in [-0.15, -0.1) is 0 Å². The van der Waals surface area contributed by atoms with Crippen molar-refractivity contribution in [3.05, 3.63) is 60.2 Å². The summed E-state index contributed by atoms with van der Waals surface area (Å²) in [6.45, 7) is 5.97. The summed E-state index contributed by atoms with van der Waals surface area (Å²) in [6.07, 6.45) is 1.48. The van der Waals surface area contributed by atoms with E-state index in [2.05, 4.69) is 5.32 Å². The fourth-order valence-corrected chi connectivity index (χ4v) is 3.00. The van der Waals surface area contributed by atoms with E-state index in [0.717, 1.165) is 12.0 Å². The van der Waals surface area contributed by atoms with E-state index in [-0.39, 0.29) is 24.5 Å². The number of carbonyl (C=O) groups excluding carboxylic acids is 2. The quantitative estimate of drug-likeness (QED) is 0.614. The van der Waals surface area contributed by atoms with Gasteiger partial charge in [-0.3, -0.25) is 9.59 Å². The number of hydrogen-bond donors (Lipinski definition) is 1. The molecule has 0 saturated heterocycles. The summed E-state index contributed by atoms with van der Waals surface area (Å²) < 4.78 is 11.0. The average molecular weight is 413 g/mol. The standard InChI is InChI=1S/C24H32N2O4/c1-5-18(2)25-24(28)19(3)26(16-15-20-11-7-6-8-12-20)23(27)17-30-22-14-10-9-13-21(22)29-4/h6-14,18-19H,5,15-17H2,1-4H3,(H,25,28)/t18-,19-/m1/s1. The predicted octanol–water partition coefficient (Wildman–Crippen LogP) is 3.45. The molecule has 0 heterocycles. The third kappa shape index (κ3) is 6.79. The molecule has 0 radical (unpaired) electrons. The summed E-state index contributed by atoms with van der Waals surface area (Å²) in [5.74, 6) is 0.642. The normalized spacial score (nSPS) is 12.5. The van der Waals surface area contributed by atoms with Crippen LogP contribution in [0.1, 0.15) is 32.8 Å². The molecule has 0 aliphatic rings. The van der Waals surface area contributed by atoms with Crippen LogP contribution < -0.4 is 14.8 Å². The lowest BCUT2D eigenvalue weighted by Gasteiger charge is -2.29. The molecule has 0 aliphatic carbocycles. The second-order valence-electron chi connectivity index (χ2n) is 7.26. The van der Waals surface area contributed by atoms with Crippen molar-refractivity contribution >= 4 is 11.8 Å². The first-order chi connectivity index (χ1) is 14.5. The minimum atomic E-state index is -0.600. The van der Waals surface area contributed by atoms with Crippen LogP contribution in [0, 0.1) is 0 Å². The van der Waals surface area contributed by atoms with Crippen LogP contribution in [0.4, 0.5) is 0 Å². The highest BCUT2D eigenvalue weighted by Gasteiger charge is 2.27. The zero-order chi connectivity index (χ0) is 21.9. The molecule has 6 nitrogen and oxygen atoms in total. The van der Waals surface area contributed by atoms with Gasteiger partial charge in [-0.25, -0.2) is 0 Å². The first-order valence-electron chi connectivity index (χ1n) is 10.4. The van der Waals surface area contributed by atoms with Crippen LogP contribution in [-0.4, -0.2) is 49.1 Å². The van der Waals surface area contributed by atoms with Gasteiger partial charge in [0, 0.05) is 12.6 Å². The maximum absolute atomic E-state index is 13.0. The van der Waals surface area contributed by atoms with Crippen molar-refractivity contribution in [2.75, 3.05) is 20.3 Å². The summed E-state index contributed by atoms with van der Waals surface area (Å²) in [5.41, 5.74) is 1.11. The van der Waals surface area contributed by atoms with Crippen LogP contribution in [-0.2, 0) is 16.0 Å². The van der Waals surface area contributed by atoms with Crippen molar-refractivity contribution in [3.63, 3.8) is 0 Å². The number of hydrogen-bond acceptors (Lipinski definition) is 4. The van der Waals surface area contributed by atoms with Gasteiger partial charge in [0.1, 0.15) is 6.04 Å². The largest absolute Gasteiger partial charge is 0.493 e. The summed E-state index contributed by atoms with van der Waals surface area (Å²) in [7, 11) is 1.55. The first kappa shape index (κ1) is 23.3. The number of nitrogens with one attached hydrogen (secondary N) is 1. The van der Waals surface area contributed by atoms with Crippen LogP contribution >= 0.6 is 0 Å². The van der Waals surface area contributed by atoms with Crippen LogP contribution in [0.2, 0.25) is 0 Å². The van der Waals surface area contributed by atoms with E-state index in [1.807, 2.05) is 56.3 Å². The minimum Gasteiger partial charge on any atom is -0.493 e. The van der Waals surface area contributed by atoms with E-state index in [1.165, 1.54) is 0 Å². The number of benzene rings is 2. The van der Waals surface area contributed by atoms with Gasteiger partial charge < -0.3 is 19.7 Å². The summed E-state index contributed by atoms with van der Waals surface area (Å²) >= 11 is 0. The SMILES string of the molecule is CC[C@@H](C)NC(=O)[C@@H](C)N(CCc1ccccc1)C(=O)COc1ccccc1OC. The third-order valence-electron chi connectivity index (χ3n) is 5.07. The van der Waals surface area contributed by atoms with Crippen molar-refractivity contribution < 1.29 is 19.1 Å². The molecule has 6 heteroatoms. The molecule has 2 amide bonds. The average Bonchev–Trinajstić information content (AvgIpc) is 2.78. The second kappa shape index (κ2) is 11.9. The van der Waals surface area contributed by atoms with Gasteiger partial charge in [0.2, 0.25) is 5.91 Å². The topological polar surface area (TPSA) is 67.9 Å². The molecule has 0 spiro atoms. The van der Waals surface area contributed by atoms with Crippen molar-refractivity contribution in [1.82, 2.24) is 10.2 Å². The van der Waals surface area contributed by atoms with Crippen molar-refractivity contribution in [2.24, 2.45) is 0 Å². The number of carbonyl (C=O) groups is 2. The fraction of sp³-hybridized carbons (Fsp3) is 0.417. The summed E-state index contributed by atoms with van der Waals surface area (Å²) in [4.78, 5) is 27.3. The molecule has 0 fully saturated rings. The molecule has 30 heavy (non-hydrogen) atoms. The van der Waals surface area contributed by atoms with E-state index in [4.69, 9.17) is 9.47 Å². The molecule has 2 rings (SSSR count). The van der Waals surface area contributed by atoms with Gasteiger partial charge in [0.05, 0.1) is 7.11 Å². The number of rotatable bonds is 11. The minimum absolute atomic E-state index is 0.0517. The van der Waals surface area contributed by atoms with Crippen molar-refractivity contribution in [1.29, 1.82) is 0 Å². The van der Waals surface area contributed by atoms with Gasteiger partial charge in [-0.2, -0.15) is 0 Å². The molecule has 2 atom stereocenters. The highest BCUT2D eigenvalue weighted by molar-refractivity contribution is 5.88. The monoisotopic (exact) mass is 412 g/mol. The van der Waals surface area contributed by atoms with Crippen LogP contribution in [0.15, 0.2) is 54.6 Å². The molecule has 2 aromatic carbocycles. The van der Waals surface area contributed by atoms with Gasteiger partial charge in [0.15, 0.2) is 18.1 Å². The Hall–Kier alpha value is -3.02. The van der Waals surface area contributed by atoms with Gasteiger partial charge in [0.25, 0.3) is 5.91 Å². The lowest BCUT2D eigenvalue weighted by molar-refractivity contribution is -0.141. The zero-order valence-corrected chi connectivity index (χ0v) is 18.3. The Bertz CT molecular complexity index is 810. The van der Waals surface area contributed by atoms with Crippen molar-refractivity contribution in [2.45, 2.75) is 45.7 Å². The highest BCUT2D eigenvalue weighted by atomic mass is 16.5. The number of para-hydroxylation sites is 2. The fourth-order valence-electron chi connectivity index (χ4n) is 3.00. The van der Waals surface area contributed by atoms with Crippen molar-refractivity contribution in [3.8, 4) is 11.5 Å². The number of ether oxygens (including phenoxy) is 2. The van der Waals surface area contributed by atoms with Crippen LogP contribution in [0.25, 0.3) is 0 Å². The molecule has 162 valence electrons. The molecule has 0 aliphatic heterocycles. The van der Waals surface area contributed by atoms with E-state index in [0.29, 0.717) is 24.5 Å². The Labute approximate surface area is 179 Å². The Kier molecular flexibility index (Phi) is 9.19. The van der Waals surface area contributed by atoms with E-state index < -0.39 is 6.04 Å². The van der Waals surface area contributed by atoms with Crippen LogP contribution in [0.5, 0.6) is 11.5 Å². The van der Waals surface area contributed by atoms with Gasteiger partial charge in [-0.1, -0.05) is 49.4 Å². The lowest BCUT2D eigenvalue weighted by Crippen LogP contribution is -2.51. The summed E-state index contributed by atoms with van der Waals surface area (Å²) in [6, 6.07) is 16.5. The van der Waals surface area contributed by atoms with Gasteiger partial charge >= 0.3 is 0 Å². The molecular weight excluding hydrogens is 380 g/mol. The molecule has 0 bridgehead atoms. The molecule has 2 aromatic rings. The van der Waals surface area contributed by atoms with Gasteiger partial charge in [-0.05, 0) is 44.4 Å². The van der Waals surface area contributed by atoms with E-state index >= 15 is 0 Å². The highest BCUT2D eigenvalue weighted by Crippen LogP contribution is 2.25. The molecule has 1 N–H and O–H groups in total. The smallest absolute Gasteiger partial charge is 0.261 e. The molecule has 0 aromatic heterocycles. The second-order valence-corrected chi connectivity index (χ2v) is 7.26. The lowest BCUT2D eigenvalue weighted by atomic mass is 10.1. The Morgan fingerprint density at radius 1 is 1.00 bits per heavy atom. The molecule has 0 saturated carbocycles. The maximum atomic E-state index is 13.0. The molecule has 0 unspecified atom stereocenters. The number of methoxy groups -OCH3 is 1. The third-order valence-corrected chi connectivity index (χ3v) is 5.07. The Morgan fingerprint density at radius 2 is 1.63 bits per heavy atom. The summed E-state index contributed by atoms with van der Waals surface area (Å²) in [5, 5.41) is 2.96. The van der Waals surface area contributed by atoms with E-state index in [9.17, 15) is 9.59 Å². The maximum Gasteiger partial charge on any atom is 0.261 e. The number of amides is 2. The Balaban J connectivity index is 2.09.